The summed E-state index contributed by atoms with van der Waals surface area (Å²) in [6, 6.07) is 0. The molecule has 0 aliphatic rings. The predicted molar refractivity (Wildman–Crippen MR) is 138 cm³/mol. The Morgan fingerprint density at radius 3 is 0.767 bits per heavy atom. The van der Waals surface area contributed by atoms with Crippen LogP contribution in [0.2, 0.25) is 25.5 Å². The van der Waals surface area contributed by atoms with Crippen LogP contribution >= 0.6 is 0 Å². The molecule has 0 rings (SSSR count). The van der Waals surface area contributed by atoms with Crippen LogP contribution in [-0.2, 0) is 78.2 Å². The van der Waals surface area contributed by atoms with E-state index in [1.807, 2.05) is 22.4 Å². The summed E-state index contributed by atoms with van der Waals surface area (Å²) >= 11 is -9.37. The maximum absolute atomic E-state index is 9.10. The van der Waals surface area contributed by atoms with Crippen LogP contribution in [-0.4, -0.2) is 80.6 Å². The number of rotatable bonds is 7. The van der Waals surface area contributed by atoms with Crippen LogP contribution in [0.4, 0.5) is 0 Å². The van der Waals surface area contributed by atoms with E-state index in [1.165, 1.54) is 0 Å². The molecule has 2 radical (unpaired) electrons. The molecule has 12 heteroatoms. The van der Waals surface area contributed by atoms with Gasteiger partial charge in [-0.1, -0.05) is 0 Å². The quantitative estimate of drug-likeness (QED) is 0.106. The standard InChI is InChI=1S/16CH3.2CH2.3H2O2.3Pb.2Ti.Zr/c;;;;;;;;;;;;;;;;;;3*1-2;;;;;;/h16*1H3;2*1H2;3*1-2H;;;;;;/q;;;;;11*-1;;;;;;3*+1;;2*+3/p-3. The van der Waals surface area contributed by atoms with E-state index in [4.69, 9.17) is 18.6 Å². The monoisotopic (exact) mass is 1180 g/mol. The van der Waals surface area contributed by atoms with E-state index in [0.29, 0.717) is 0 Å². The van der Waals surface area contributed by atoms with Gasteiger partial charge in [0, 0.05) is 21.7 Å². The average Bonchev–Trinajstić information content (AvgIpc) is 2.16. The van der Waals surface area contributed by atoms with Crippen LogP contribution in [0.25, 0.3) is 0 Å². The molecule has 0 amide bonds. The van der Waals surface area contributed by atoms with E-state index < -0.39 is 64.9 Å². The average molecular weight is 1180 g/mol. The minimum absolute atomic E-state index is 0. The first-order chi connectivity index (χ1) is 7.10. The second kappa shape index (κ2) is 47.1. The third-order valence-corrected chi connectivity index (χ3v) is 129. The maximum Gasteiger partial charge on any atom is 3.00 e. The number of hydrogen-bond donors (Lipinski definition) is 3. The molecule has 0 bridgehead atoms. The zero-order valence-electron chi connectivity index (χ0n) is 23.0. The topological polar surface area (TPSA) is 88.4 Å². The van der Waals surface area contributed by atoms with Crippen molar-refractivity contribution in [1.29, 1.82) is 0 Å². The summed E-state index contributed by atoms with van der Waals surface area (Å²) in [4.78, 5) is 0. The van der Waals surface area contributed by atoms with Crippen LogP contribution < -0.4 is 0 Å². The van der Waals surface area contributed by atoms with Crippen LogP contribution in [0.15, 0.2) is 0 Å². The summed E-state index contributed by atoms with van der Waals surface area (Å²) in [5.74, 6) is 0. The van der Waals surface area contributed by atoms with Crippen molar-refractivity contribution in [2.75, 3.05) is 0 Å². The molecule has 0 atom stereocenters. The van der Waals surface area contributed by atoms with Crippen LogP contribution in [0.5, 0.6) is 0 Å². The molecule has 0 aromatic carbocycles. The second-order valence-electron chi connectivity index (χ2n) is 5.60. The van der Waals surface area contributed by atoms with Crippen LogP contribution in [0.1, 0.15) is 0 Å². The molecule has 30 heavy (non-hydrogen) atoms. The molecule has 0 aromatic rings. The molecule has 0 aromatic heterocycles. The predicted octanol–water partition coefficient (Wildman–Crippen LogP) is 7.46. The smallest absolute Gasteiger partial charge is 0 e. The van der Waals surface area contributed by atoms with Gasteiger partial charge in [-0.05, 0) is 0 Å². The van der Waals surface area contributed by atoms with Crippen molar-refractivity contribution in [1.82, 2.24) is 0 Å². The molecule has 0 heterocycles. The van der Waals surface area contributed by atoms with Crippen LogP contribution in [0, 0.1) is 81.7 Å². The van der Waals surface area contributed by atoms with Crippen molar-refractivity contribution in [3.8, 4) is 0 Å². The minimum atomic E-state index is -3.28. The van der Waals surface area contributed by atoms with Gasteiger partial charge in [0.1, 0.15) is 0 Å². The molecule has 192 valence electrons. The molecule has 0 unspecified atom stereocenters. The molecule has 3 N–H and O–H groups in total. The van der Waals surface area contributed by atoms with Crippen molar-refractivity contribution in [2.24, 2.45) is 0 Å². The van der Waals surface area contributed by atoms with Gasteiger partial charge in [0.25, 0.3) is 0 Å². The Bertz CT molecular complexity index is 230. The second-order valence-corrected chi connectivity index (χ2v) is 73.2. The molecular formula is C18H55O6Pb3Ti2Zr-5. The van der Waals surface area contributed by atoms with Gasteiger partial charge in [-0.15, -0.1) is 0 Å². The van der Waals surface area contributed by atoms with Crippen molar-refractivity contribution >= 4 is 64.9 Å². The van der Waals surface area contributed by atoms with Gasteiger partial charge < -0.3 is 81.7 Å². The summed E-state index contributed by atoms with van der Waals surface area (Å²) in [5.41, 5.74) is 0. The molecule has 0 aliphatic heterocycles. The Morgan fingerprint density at radius 1 is 0.500 bits per heavy atom. The van der Waals surface area contributed by atoms with Crippen molar-refractivity contribution in [3.05, 3.63) is 81.7 Å². The van der Waals surface area contributed by atoms with E-state index in [2.05, 4.69) is 5.68 Å². The van der Waals surface area contributed by atoms with Gasteiger partial charge in [0.2, 0.25) is 0 Å². The van der Waals surface area contributed by atoms with Gasteiger partial charge in [-0.2, -0.15) is 0 Å². The molecule has 0 fully saturated rings. The molecule has 0 saturated heterocycles. The van der Waals surface area contributed by atoms with Gasteiger partial charge >= 0.3 is 163 Å². The third kappa shape index (κ3) is 49.9. The Balaban J connectivity index is -0.0000000124. The Kier molecular flexibility index (Phi) is 159. The molecule has 0 aliphatic carbocycles. The maximum atomic E-state index is 9.10. The first kappa shape index (κ1) is 101. The first-order valence-electron chi connectivity index (χ1n) is 5.07. The Morgan fingerprint density at radius 2 is 0.667 bits per heavy atom. The summed E-state index contributed by atoms with van der Waals surface area (Å²) in [5, 5.41) is 26.8. The van der Waals surface area contributed by atoms with Gasteiger partial charge in [-0.3, -0.25) is 0 Å². The summed E-state index contributed by atoms with van der Waals surface area (Å²) in [7, 11) is 0. The van der Waals surface area contributed by atoms with Crippen molar-refractivity contribution in [3.63, 3.8) is 0 Å². The Labute approximate surface area is 261 Å². The molecule has 0 spiro atoms. The van der Waals surface area contributed by atoms with E-state index >= 15 is 0 Å². The Hall–Kier alpha value is 4.84. The molecular weight excluding hydrogens is 1120 g/mol. The SMILES string of the molecule is [CH3-].[CH3-].[CH3-].[CH3-].[CH3-].[CH3-].[CH3-].[CH3-].[CH3-].[CH3-].[CH3-].[CH3][Pb]([CH3])([CH2][Pb]([CH3])([CH2][Pb]([CH3])([CH3])[O]O)[O]O)[O]O.[Ti+3].[Ti].[Zr+3]. The van der Waals surface area contributed by atoms with Crippen molar-refractivity contribution < 1.29 is 93.9 Å². The summed E-state index contributed by atoms with van der Waals surface area (Å²) in [6.07, 6.45) is 0. The molecule has 6 nitrogen and oxygen atoms in total. The zero-order chi connectivity index (χ0) is 13.0. The zero-order valence-corrected chi connectivity index (χ0v) is 40.2. The summed E-state index contributed by atoms with van der Waals surface area (Å²) in [6.45, 7) is 0. The fourth-order valence-electron chi connectivity index (χ4n) is 1.99. The third-order valence-electron chi connectivity index (χ3n) is 2.31. The van der Waals surface area contributed by atoms with Gasteiger partial charge in [0.15, 0.2) is 0 Å². The first-order valence-corrected chi connectivity index (χ1v) is 40.3. The normalized spacial score (nSPS) is 7.60. The fourth-order valence-corrected chi connectivity index (χ4v) is 191. The number of hydrogen-bond acceptors (Lipinski definition) is 6. The molecule has 0 saturated carbocycles. The minimum Gasteiger partial charge on any atom is 0 e. The largest absolute Gasteiger partial charge is 3.00 e. The van der Waals surface area contributed by atoms with Crippen LogP contribution in [0.3, 0.4) is 0 Å². The van der Waals surface area contributed by atoms with E-state index in [-0.39, 0.29) is 151 Å². The fraction of sp³-hybridized carbons (Fsp3) is 0.389. The summed E-state index contributed by atoms with van der Waals surface area (Å²) < 4.78 is 25.2. The van der Waals surface area contributed by atoms with Gasteiger partial charge in [-0.25, -0.2) is 0 Å². The van der Waals surface area contributed by atoms with Gasteiger partial charge in [0.05, 0.1) is 0 Å². The van der Waals surface area contributed by atoms with E-state index in [9.17, 15) is 0 Å². The van der Waals surface area contributed by atoms with E-state index in [1.54, 1.807) is 0 Å². The van der Waals surface area contributed by atoms with E-state index in [0.717, 1.165) is 3.08 Å². The van der Waals surface area contributed by atoms with Crippen molar-refractivity contribution in [2.45, 2.75) is 25.5 Å².